The summed E-state index contributed by atoms with van der Waals surface area (Å²) in [5, 5.41) is 0. The van der Waals surface area contributed by atoms with Gasteiger partial charge in [0.05, 0.1) is 16.2 Å². The molecule has 0 aliphatic carbocycles. The van der Waals surface area contributed by atoms with Crippen LogP contribution in [0.1, 0.15) is 30.0 Å². The molecule has 0 saturated carbocycles. The summed E-state index contributed by atoms with van der Waals surface area (Å²) >= 11 is 3.33. The number of nitrogens with zero attached hydrogens (tertiary/aromatic N) is 1. The van der Waals surface area contributed by atoms with Gasteiger partial charge in [-0.2, -0.15) is 0 Å². The lowest BCUT2D eigenvalue weighted by Gasteiger charge is -2.28. The zero-order chi connectivity index (χ0) is 14.8. The molecule has 2 nitrogen and oxygen atoms in total. The van der Waals surface area contributed by atoms with E-state index in [0.717, 1.165) is 24.9 Å². The van der Waals surface area contributed by atoms with Crippen molar-refractivity contribution in [3.05, 3.63) is 63.9 Å². The molecule has 110 valence electrons. The summed E-state index contributed by atoms with van der Waals surface area (Å²) in [6, 6.07) is 14.3. The molecule has 0 aromatic heterocycles. The molecule has 21 heavy (non-hydrogen) atoms. The predicted octanol–water partition coefficient (Wildman–Crippen LogP) is 4.39. The van der Waals surface area contributed by atoms with Crippen LogP contribution >= 0.6 is 15.9 Å². The zero-order valence-electron chi connectivity index (χ0n) is 11.7. The SMILES string of the molecule is NCc1ccc(N2CCCC2c2ccccc2)c(F)c1Br. The van der Waals surface area contributed by atoms with Crippen LogP contribution in [0.25, 0.3) is 0 Å². The molecule has 0 radical (unpaired) electrons. The Kier molecular flexibility index (Phi) is 4.27. The molecule has 1 saturated heterocycles. The molecule has 0 spiro atoms. The first-order valence-electron chi connectivity index (χ1n) is 7.21. The van der Waals surface area contributed by atoms with Gasteiger partial charge in [0.2, 0.25) is 0 Å². The molecule has 1 atom stereocenters. The van der Waals surface area contributed by atoms with Gasteiger partial charge >= 0.3 is 0 Å². The second kappa shape index (κ2) is 6.16. The van der Waals surface area contributed by atoms with Gasteiger partial charge in [0.1, 0.15) is 0 Å². The monoisotopic (exact) mass is 348 g/mol. The Morgan fingerprint density at radius 1 is 1.19 bits per heavy atom. The highest BCUT2D eigenvalue weighted by Crippen LogP contribution is 2.39. The molecular weight excluding hydrogens is 331 g/mol. The lowest BCUT2D eigenvalue weighted by molar-refractivity contribution is 0.603. The minimum absolute atomic E-state index is 0.208. The molecule has 1 aliphatic heterocycles. The molecule has 1 aliphatic rings. The fraction of sp³-hybridized carbons (Fsp3) is 0.294. The maximum atomic E-state index is 14.6. The standard InChI is InChI=1S/C17H18BrFN2/c18-16-13(11-20)8-9-15(17(16)19)21-10-4-7-14(21)12-5-2-1-3-6-12/h1-3,5-6,8-9,14H,4,7,10-11,20H2. The molecule has 2 aromatic rings. The number of halogens is 2. The lowest BCUT2D eigenvalue weighted by Crippen LogP contribution is -2.23. The molecule has 1 heterocycles. The summed E-state index contributed by atoms with van der Waals surface area (Å²) in [4.78, 5) is 2.16. The number of rotatable bonds is 3. The normalized spacial score (nSPS) is 18.2. The highest BCUT2D eigenvalue weighted by atomic mass is 79.9. The van der Waals surface area contributed by atoms with E-state index in [0.29, 0.717) is 16.7 Å². The summed E-state index contributed by atoms with van der Waals surface area (Å²) in [7, 11) is 0. The fourth-order valence-corrected chi connectivity index (χ4v) is 3.53. The van der Waals surface area contributed by atoms with Crippen LogP contribution in [0.2, 0.25) is 0 Å². The van der Waals surface area contributed by atoms with E-state index in [1.807, 2.05) is 30.3 Å². The number of hydrogen-bond acceptors (Lipinski definition) is 2. The largest absolute Gasteiger partial charge is 0.362 e. The van der Waals surface area contributed by atoms with Gasteiger partial charge in [-0.3, -0.25) is 0 Å². The van der Waals surface area contributed by atoms with Gasteiger partial charge in [-0.15, -0.1) is 0 Å². The highest BCUT2D eigenvalue weighted by molar-refractivity contribution is 9.10. The van der Waals surface area contributed by atoms with Crippen molar-refractivity contribution in [1.82, 2.24) is 0 Å². The lowest BCUT2D eigenvalue weighted by atomic mass is 10.0. The molecule has 3 rings (SSSR count). The molecule has 4 heteroatoms. The topological polar surface area (TPSA) is 29.3 Å². The van der Waals surface area contributed by atoms with Crippen molar-refractivity contribution in [3.8, 4) is 0 Å². The summed E-state index contributed by atoms with van der Waals surface area (Å²) in [5.74, 6) is -0.208. The van der Waals surface area contributed by atoms with E-state index in [9.17, 15) is 4.39 Å². The predicted molar refractivity (Wildman–Crippen MR) is 87.8 cm³/mol. The van der Waals surface area contributed by atoms with Crippen molar-refractivity contribution in [2.75, 3.05) is 11.4 Å². The van der Waals surface area contributed by atoms with Crippen LogP contribution in [-0.4, -0.2) is 6.54 Å². The summed E-state index contributed by atoms with van der Waals surface area (Å²) in [6.45, 7) is 1.21. The molecule has 1 fully saturated rings. The van der Waals surface area contributed by atoms with Crippen LogP contribution in [0.4, 0.5) is 10.1 Å². The van der Waals surface area contributed by atoms with Gasteiger partial charge in [0.15, 0.2) is 5.82 Å². The van der Waals surface area contributed by atoms with Gasteiger partial charge in [0.25, 0.3) is 0 Å². The Morgan fingerprint density at radius 3 is 2.67 bits per heavy atom. The summed E-state index contributed by atoms with van der Waals surface area (Å²) in [6.07, 6.45) is 2.13. The molecule has 0 amide bonds. The number of benzene rings is 2. The Balaban J connectivity index is 1.98. The summed E-state index contributed by atoms with van der Waals surface area (Å²) < 4.78 is 15.1. The Hall–Kier alpha value is -1.39. The quantitative estimate of drug-likeness (QED) is 0.891. The van der Waals surface area contributed by atoms with E-state index in [1.54, 1.807) is 0 Å². The minimum atomic E-state index is -0.208. The van der Waals surface area contributed by atoms with Crippen LogP contribution in [0, 0.1) is 5.82 Å². The average molecular weight is 349 g/mol. The van der Waals surface area contributed by atoms with Gasteiger partial charge in [-0.25, -0.2) is 4.39 Å². The van der Waals surface area contributed by atoms with E-state index in [4.69, 9.17) is 5.73 Å². The molecule has 0 bridgehead atoms. The van der Waals surface area contributed by atoms with Gasteiger partial charge in [0, 0.05) is 13.1 Å². The first-order valence-corrected chi connectivity index (χ1v) is 8.00. The fourth-order valence-electron chi connectivity index (χ4n) is 3.04. The Morgan fingerprint density at radius 2 is 1.95 bits per heavy atom. The molecule has 2 N–H and O–H groups in total. The molecule has 2 aromatic carbocycles. The maximum absolute atomic E-state index is 14.6. The second-order valence-corrected chi connectivity index (χ2v) is 6.13. The van der Waals surface area contributed by atoms with Crippen molar-refractivity contribution < 1.29 is 4.39 Å². The average Bonchev–Trinajstić information content (AvgIpc) is 3.00. The van der Waals surface area contributed by atoms with Crippen molar-refractivity contribution >= 4 is 21.6 Å². The number of anilines is 1. The van der Waals surface area contributed by atoms with Crippen molar-refractivity contribution in [2.45, 2.75) is 25.4 Å². The zero-order valence-corrected chi connectivity index (χ0v) is 13.3. The third-order valence-corrected chi connectivity index (χ3v) is 4.97. The van der Waals surface area contributed by atoms with Gasteiger partial charge in [-0.1, -0.05) is 36.4 Å². The van der Waals surface area contributed by atoms with Crippen LogP contribution in [0.15, 0.2) is 46.9 Å². The third kappa shape index (κ3) is 2.70. The van der Waals surface area contributed by atoms with E-state index < -0.39 is 0 Å². The summed E-state index contributed by atoms with van der Waals surface area (Å²) in [5.41, 5.74) is 8.33. The van der Waals surface area contributed by atoms with Gasteiger partial charge in [-0.05, 0) is 46.0 Å². The van der Waals surface area contributed by atoms with Crippen molar-refractivity contribution in [2.24, 2.45) is 5.73 Å². The van der Waals surface area contributed by atoms with Crippen LogP contribution in [0.5, 0.6) is 0 Å². The Bertz CT molecular complexity index is 630. The minimum Gasteiger partial charge on any atom is -0.362 e. The Labute approximate surface area is 132 Å². The number of hydrogen-bond donors (Lipinski definition) is 1. The second-order valence-electron chi connectivity index (χ2n) is 5.34. The van der Waals surface area contributed by atoms with Crippen LogP contribution in [0.3, 0.4) is 0 Å². The van der Waals surface area contributed by atoms with E-state index >= 15 is 0 Å². The van der Waals surface area contributed by atoms with Crippen LogP contribution in [-0.2, 0) is 6.54 Å². The van der Waals surface area contributed by atoms with E-state index in [-0.39, 0.29) is 11.9 Å². The smallest absolute Gasteiger partial charge is 0.160 e. The maximum Gasteiger partial charge on any atom is 0.160 e. The van der Waals surface area contributed by atoms with Crippen molar-refractivity contribution in [3.63, 3.8) is 0 Å². The number of nitrogens with two attached hydrogens (primary N) is 1. The van der Waals surface area contributed by atoms with Crippen molar-refractivity contribution in [1.29, 1.82) is 0 Å². The van der Waals surface area contributed by atoms with Gasteiger partial charge < -0.3 is 10.6 Å². The highest BCUT2D eigenvalue weighted by Gasteiger charge is 2.28. The van der Waals surface area contributed by atoms with E-state index in [2.05, 4.69) is 33.0 Å². The van der Waals surface area contributed by atoms with E-state index in [1.165, 1.54) is 5.56 Å². The first kappa shape index (κ1) is 14.5. The molecular formula is C17H18BrFN2. The third-order valence-electron chi connectivity index (χ3n) is 4.11. The van der Waals surface area contributed by atoms with Crippen LogP contribution < -0.4 is 10.6 Å². The first-order chi connectivity index (χ1) is 10.2. The molecule has 1 unspecified atom stereocenters.